The fraction of sp³-hybridized carbons (Fsp3) is 0.417. The molecule has 1 aromatic heterocycles. The molecule has 1 N–H and O–H groups in total. The van der Waals surface area contributed by atoms with E-state index in [1.807, 2.05) is 12.1 Å². The van der Waals surface area contributed by atoms with Gasteiger partial charge in [-0.3, -0.25) is 15.1 Å². The Morgan fingerprint density at radius 1 is 1.60 bits per heavy atom. The first-order valence-corrected chi connectivity index (χ1v) is 7.01. The average molecular weight is 299 g/mol. The lowest BCUT2D eigenvalue weighted by molar-refractivity contribution is -0.405. The van der Waals surface area contributed by atoms with E-state index in [0.717, 1.165) is 23.4 Å². The van der Waals surface area contributed by atoms with Crippen LogP contribution in [0.4, 0.5) is 0 Å². The van der Waals surface area contributed by atoms with Crippen molar-refractivity contribution in [2.45, 2.75) is 5.75 Å². The Kier molecular flexibility index (Phi) is 7.26. The first-order chi connectivity index (χ1) is 9.67. The monoisotopic (exact) mass is 299 g/mol. The molecule has 0 bridgehead atoms. The number of nitrogens with zero attached hydrogens (tertiary/aromatic N) is 2. The number of aromatic nitrogens is 1. The normalized spacial score (nSPS) is 11.0. The number of nitrogens with one attached hydrogen (secondary N) is 1. The Bertz CT molecular complexity index is 468. The highest BCUT2D eigenvalue weighted by Gasteiger charge is 2.04. The average Bonchev–Trinajstić information content (AvgIpc) is 2.45. The van der Waals surface area contributed by atoms with Crippen molar-refractivity contribution >= 4 is 11.8 Å². The Labute approximate surface area is 121 Å². The van der Waals surface area contributed by atoms with Gasteiger partial charge in [0.05, 0.1) is 24.8 Å². The molecule has 0 fully saturated rings. The summed E-state index contributed by atoms with van der Waals surface area (Å²) in [6, 6.07) is 3.69. The fourth-order valence-electron chi connectivity index (χ4n) is 1.40. The second kappa shape index (κ2) is 9.03. The minimum absolute atomic E-state index is 0.144. The third-order valence-electron chi connectivity index (χ3n) is 2.30. The van der Waals surface area contributed by atoms with Gasteiger partial charge in [0.1, 0.15) is 5.75 Å². The minimum Gasteiger partial charge on any atom is -0.495 e. The van der Waals surface area contributed by atoms with Gasteiger partial charge in [0.2, 0.25) is 0 Å². The maximum Gasteiger partial charge on any atom is 0.293 e. The van der Waals surface area contributed by atoms with E-state index in [0.29, 0.717) is 12.3 Å². The highest BCUT2D eigenvalue weighted by Crippen LogP contribution is 2.19. The molecule has 0 aromatic carbocycles. The van der Waals surface area contributed by atoms with Gasteiger partial charge in [-0.2, -0.15) is 11.8 Å². The van der Waals surface area contributed by atoms with Crippen molar-refractivity contribution in [3.8, 4) is 5.75 Å². The van der Waals surface area contributed by atoms with Crippen LogP contribution in [-0.4, -0.2) is 36.4 Å². The molecule has 0 spiro atoms. The molecular weight excluding hydrogens is 282 g/mol. The van der Waals surface area contributed by atoms with Gasteiger partial charge in [-0.25, -0.2) is 0 Å². The van der Waals surface area contributed by atoms with Crippen molar-refractivity contribution in [1.82, 2.24) is 10.3 Å². The second-order valence-electron chi connectivity index (χ2n) is 3.61. The fourth-order valence-corrected chi connectivity index (χ4v) is 2.20. The second-order valence-corrected chi connectivity index (χ2v) is 4.72. The Morgan fingerprint density at radius 3 is 3.05 bits per heavy atom. The molecule has 110 valence electrons. The third-order valence-corrected chi connectivity index (χ3v) is 3.27. The Hall–Kier alpha value is -1.96. The number of nitro groups is 1. The molecule has 0 aliphatic heterocycles. The molecule has 0 amide bonds. The number of methoxy groups -OCH3 is 2. The molecule has 1 rings (SSSR count). The molecule has 0 radical (unpaired) electrons. The number of ether oxygens (including phenoxy) is 2. The van der Waals surface area contributed by atoms with E-state index in [2.05, 4.69) is 10.3 Å². The summed E-state index contributed by atoms with van der Waals surface area (Å²) < 4.78 is 10.0. The van der Waals surface area contributed by atoms with Crippen LogP contribution in [0.3, 0.4) is 0 Å². The third kappa shape index (κ3) is 5.79. The van der Waals surface area contributed by atoms with E-state index in [1.165, 1.54) is 7.11 Å². The lowest BCUT2D eigenvalue weighted by Crippen LogP contribution is -2.19. The standard InChI is InChI=1S/C12H17N3O4S/c1-18-11-4-3-5-13-10(11)9-20-7-6-14-12(19-2)8-15(16)17/h3-5,8,14H,6-7,9H2,1-2H3/b12-8+. The lowest BCUT2D eigenvalue weighted by Gasteiger charge is -2.08. The zero-order valence-electron chi connectivity index (χ0n) is 11.4. The summed E-state index contributed by atoms with van der Waals surface area (Å²) in [5.74, 6) is 2.38. The topological polar surface area (TPSA) is 86.5 Å². The number of hydrogen-bond acceptors (Lipinski definition) is 7. The summed E-state index contributed by atoms with van der Waals surface area (Å²) in [5.41, 5.74) is 0.882. The summed E-state index contributed by atoms with van der Waals surface area (Å²) in [6.07, 6.45) is 2.52. The van der Waals surface area contributed by atoms with Crippen molar-refractivity contribution in [3.05, 3.63) is 46.2 Å². The highest BCUT2D eigenvalue weighted by molar-refractivity contribution is 7.98. The minimum atomic E-state index is -0.558. The van der Waals surface area contributed by atoms with Gasteiger partial charge in [0.25, 0.3) is 12.1 Å². The summed E-state index contributed by atoms with van der Waals surface area (Å²) >= 11 is 1.65. The van der Waals surface area contributed by atoms with Gasteiger partial charge >= 0.3 is 0 Å². The van der Waals surface area contributed by atoms with Crippen LogP contribution in [0.2, 0.25) is 0 Å². The molecule has 0 saturated heterocycles. The molecule has 0 aliphatic rings. The van der Waals surface area contributed by atoms with E-state index in [1.54, 1.807) is 25.1 Å². The molecule has 1 aromatic rings. The van der Waals surface area contributed by atoms with E-state index >= 15 is 0 Å². The largest absolute Gasteiger partial charge is 0.495 e. The SMILES string of the molecule is CO/C(=C/[N+](=O)[O-])NCCSCc1ncccc1OC. The van der Waals surface area contributed by atoms with Crippen LogP contribution in [0.1, 0.15) is 5.69 Å². The van der Waals surface area contributed by atoms with E-state index in [-0.39, 0.29) is 5.88 Å². The zero-order valence-corrected chi connectivity index (χ0v) is 12.2. The lowest BCUT2D eigenvalue weighted by atomic mass is 10.3. The van der Waals surface area contributed by atoms with Gasteiger partial charge in [-0.05, 0) is 12.1 Å². The zero-order chi connectivity index (χ0) is 14.8. The number of rotatable bonds is 9. The van der Waals surface area contributed by atoms with Crippen molar-refractivity contribution in [2.24, 2.45) is 0 Å². The van der Waals surface area contributed by atoms with Gasteiger partial charge in [-0.15, -0.1) is 0 Å². The van der Waals surface area contributed by atoms with Gasteiger partial charge in [0.15, 0.2) is 0 Å². The molecule has 7 nitrogen and oxygen atoms in total. The Morgan fingerprint density at radius 2 is 2.40 bits per heavy atom. The van der Waals surface area contributed by atoms with Crippen LogP contribution >= 0.6 is 11.8 Å². The van der Waals surface area contributed by atoms with Crippen molar-refractivity contribution in [3.63, 3.8) is 0 Å². The van der Waals surface area contributed by atoms with Gasteiger partial charge < -0.3 is 14.8 Å². The van der Waals surface area contributed by atoms with Crippen molar-refractivity contribution in [1.29, 1.82) is 0 Å². The first kappa shape index (κ1) is 16.1. The molecule has 0 unspecified atom stereocenters. The van der Waals surface area contributed by atoms with Crippen LogP contribution in [0.5, 0.6) is 5.75 Å². The van der Waals surface area contributed by atoms with Crippen molar-refractivity contribution in [2.75, 3.05) is 26.5 Å². The molecule has 0 atom stereocenters. The number of pyridine rings is 1. The van der Waals surface area contributed by atoms with Gasteiger partial charge in [-0.1, -0.05) is 0 Å². The van der Waals surface area contributed by atoms with Crippen LogP contribution in [0.25, 0.3) is 0 Å². The van der Waals surface area contributed by atoms with E-state index in [4.69, 9.17) is 9.47 Å². The quantitative estimate of drug-likeness (QED) is 0.321. The summed E-state index contributed by atoms with van der Waals surface area (Å²) in [5, 5.41) is 13.1. The Balaban J connectivity index is 2.30. The molecular formula is C12H17N3O4S. The predicted octanol–water partition coefficient (Wildman–Crippen LogP) is 1.64. The van der Waals surface area contributed by atoms with Crippen LogP contribution in [0.15, 0.2) is 30.4 Å². The summed E-state index contributed by atoms with van der Waals surface area (Å²) in [4.78, 5) is 14.0. The van der Waals surface area contributed by atoms with Gasteiger partial charge in [0, 0.05) is 24.2 Å². The van der Waals surface area contributed by atoms with Crippen LogP contribution in [0, 0.1) is 10.1 Å². The molecule has 0 saturated carbocycles. The summed E-state index contributed by atoms with van der Waals surface area (Å²) in [6.45, 7) is 0.563. The van der Waals surface area contributed by atoms with Crippen LogP contribution < -0.4 is 10.1 Å². The maximum absolute atomic E-state index is 10.3. The van der Waals surface area contributed by atoms with Crippen LogP contribution in [-0.2, 0) is 10.5 Å². The maximum atomic E-state index is 10.3. The predicted molar refractivity (Wildman–Crippen MR) is 77.0 cm³/mol. The molecule has 0 aliphatic carbocycles. The molecule has 1 heterocycles. The molecule has 8 heteroatoms. The van der Waals surface area contributed by atoms with E-state index in [9.17, 15) is 10.1 Å². The summed E-state index contributed by atoms with van der Waals surface area (Å²) in [7, 11) is 2.99. The smallest absolute Gasteiger partial charge is 0.293 e. The van der Waals surface area contributed by atoms with E-state index < -0.39 is 4.92 Å². The molecule has 20 heavy (non-hydrogen) atoms. The highest BCUT2D eigenvalue weighted by atomic mass is 32.2. The van der Waals surface area contributed by atoms with Crippen molar-refractivity contribution < 1.29 is 14.4 Å². The number of hydrogen-bond donors (Lipinski definition) is 1. The first-order valence-electron chi connectivity index (χ1n) is 5.86. The number of thioether (sulfide) groups is 1.